The van der Waals surface area contributed by atoms with Crippen molar-refractivity contribution in [3.05, 3.63) is 0 Å². The number of hydrogen-bond acceptors (Lipinski definition) is 3. The van der Waals surface area contributed by atoms with Crippen molar-refractivity contribution in [3.63, 3.8) is 0 Å². The third-order valence-electron chi connectivity index (χ3n) is 2.23. The van der Waals surface area contributed by atoms with Crippen molar-refractivity contribution in [3.8, 4) is 0 Å². The monoisotopic (exact) mass is 172 g/mol. The third-order valence-corrected chi connectivity index (χ3v) is 2.23. The molecular formula is C8H16N2O2. The molecule has 1 saturated heterocycles. The number of likely N-dealkylation sites (tertiary alicyclic amines) is 1. The van der Waals surface area contributed by atoms with E-state index in [4.69, 9.17) is 5.11 Å². The number of nitrogens with zero attached hydrogens (tertiary/aromatic N) is 1. The summed E-state index contributed by atoms with van der Waals surface area (Å²) in [6, 6.07) is 0.265. The Hall–Kier alpha value is -0.610. The van der Waals surface area contributed by atoms with Crippen LogP contribution in [0, 0.1) is 0 Å². The molecule has 1 fully saturated rings. The first-order valence-electron chi connectivity index (χ1n) is 4.31. The van der Waals surface area contributed by atoms with Crippen molar-refractivity contribution in [1.82, 2.24) is 10.2 Å². The van der Waals surface area contributed by atoms with Gasteiger partial charge in [0.2, 0.25) is 5.91 Å². The molecule has 12 heavy (non-hydrogen) atoms. The lowest BCUT2D eigenvalue weighted by Crippen LogP contribution is -2.44. The fourth-order valence-electron chi connectivity index (χ4n) is 1.43. The van der Waals surface area contributed by atoms with Gasteiger partial charge in [0, 0.05) is 6.04 Å². The van der Waals surface area contributed by atoms with Gasteiger partial charge in [0.1, 0.15) is 6.61 Å². The van der Waals surface area contributed by atoms with Gasteiger partial charge in [0.25, 0.3) is 0 Å². The van der Waals surface area contributed by atoms with E-state index in [1.807, 2.05) is 0 Å². The van der Waals surface area contributed by atoms with Crippen LogP contribution in [0.1, 0.15) is 12.8 Å². The number of nitrogens with one attached hydrogen (secondary N) is 1. The van der Waals surface area contributed by atoms with Crippen molar-refractivity contribution >= 4 is 5.91 Å². The van der Waals surface area contributed by atoms with Crippen LogP contribution in [-0.4, -0.2) is 48.7 Å². The molecule has 4 nitrogen and oxygen atoms in total. The molecule has 1 aliphatic heterocycles. The predicted molar refractivity (Wildman–Crippen MR) is 45.7 cm³/mol. The normalized spacial score (nSPS) is 20.8. The van der Waals surface area contributed by atoms with Crippen LogP contribution in [0.5, 0.6) is 0 Å². The third kappa shape index (κ3) is 2.79. The van der Waals surface area contributed by atoms with Crippen LogP contribution in [0.3, 0.4) is 0 Å². The second-order valence-electron chi connectivity index (χ2n) is 3.30. The summed E-state index contributed by atoms with van der Waals surface area (Å²) < 4.78 is 0. The zero-order valence-corrected chi connectivity index (χ0v) is 7.42. The van der Waals surface area contributed by atoms with Gasteiger partial charge in [0.05, 0.1) is 0 Å². The molecule has 4 heteroatoms. The largest absolute Gasteiger partial charge is 0.387 e. The average molecular weight is 172 g/mol. The molecule has 70 valence electrons. The second-order valence-corrected chi connectivity index (χ2v) is 3.30. The molecule has 0 aromatic rings. The van der Waals surface area contributed by atoms with Gasteiger partial charge in [-0.3, -0.25) is 4.79 Å². The van der Waals surface area contributed by atoms with Crippen LogP contribution in [0.4, 0.5) is 0 Å². The fraction of sp³-hybridized carbons (Fsp3) is 0.875. The van der Waals surface area contributed by atoms with Gasteiger partial charge in [-0.25, -0.2) is 0 Å². The predicted octanol–water partition coefficient (Wildman–Crippen LogP) is -0.811. The average Bonchev–Trinajstić information content (AvgIpc) is 2.09. The number of carbonyl (C=O) groups excluding carboxylic acids is 1. The molecule has 0 unspecified atom stereocenters. The number of carbonyl (C=O) groups is 1. The van der Waals surface area contributed by atoms with E-state index in [-0.39, 0.29) is 11.9 Å². The van der Waals surface area contributed by atoms with E-state index in [1.165, 1.54) is 0 Å². The first-order valence-corrected chi connectivity index (χ1v) is 4.31. The molecule has 1 heterocycles. The molecule has 0 radical (unpaired) electrons. The summed E-state index contributed by atoms with van der Waals surface area (Å²) in [6.07, 6.45) is 1.98. The van der Waals surface area contributed by atoms with Crippen LogP contribution >= 0.6 is 0 Å². The highest BCUT2D eigenvalue weighted by molar-refractivity contribution is 5.77. The smallest absolute Gasteiger partial charge is 0.245 e. The Bertz CT molecular complexity index is 153. The maximum Gasteiger partial charge on any atom is 0.245 e. The first kappa shape index (κ1) is 9.48. The highest BCUT2D eigenvalue weighted by Crippen LogP contribution is 2.07. The van der Waals surface area contributed by atoms with Crippen LogP contribution in [0.25, 0.3) is 0 Å². The summed E-state index contributed by atoms with van der Waals surface area (Å²) in [7, 11) is 2.07. The molecule has 0 atom stereocenters. The molecular weight excluding hydrogens is 156 g/mol. The Morgan fingerprint density at radius 3 is 2.67 bits per heavy atom. The number of aliphatic hydroxyl groups excluding tert-OH is 1. The fourth-order valence-corrected chi connectivity index (χ4v) is 1.43. The van der Waals surface area contributed by atoms with E-state index < -0.39 is 6.61 Å². The van der Waals surface area contributed by atoms with Crippen molar-refractivity contribution in [2.24, 2.45) is 0 Å². The molecule has 1 rings (SSSR count). The lowest BCUT2D eigenvalue weighted by atomic mass is 10.1. The summed E-state index contributed by atoms with van der Waals surface area (Å²) in [5.74, 6) is -0.260. The number of piperidine rings is 1. The van der Waals surface area contributed by atoms with Gasteiger partial charge in [-0.15, -0.1) is 0 Å². The number of aliphatic hydroxyl groups is 1. The topological polar surface area (TPSA) is 52.6 Å². The Balaban J connectivity index is 2.21. The molecule has 2 N–H and O–H groups in total. The number of hydrogen-bond donors (Lipinski definition) is 2. The van der Waals surface area contributed by atoms with Gasteiger partial charge in [0.15, 0.2) is 0 Å². The van der Waals surface area contributed by atoms with Crippen LogP contribution < -0.4 is 5.32 Å². The van der Waals surface area contributed by atoms with Crippen molar-refractivity contribution in [1.29, 1.82) is 0 Å². The zero-order chi connectivity index (χ0) is 8.97. The second kappa shape index (κ2) is 4.42. The van der Waals surface area contributed by atoms with E-state index in [0.29, 0.717) is 0 Å². The first-order chi connectivity index (χ1) is 5.72. The summed E-state index contributed by atoms with van der Waals surface area (Å²) in [5.41, 5.74) is 0. The maximum atomic E-state index is 10.8. The Kier molecular flexibility index (Phi) is 3.49. The highest BCUT2D eigenvalue weighted by Gasteiger charge is 2.17. The number of amides is 1. The Morgan fingerprint density at radius 1 is 1.58 bits per heavy atom. The summed E-state index contributed by atoms with van der Waals surface area (Å²) in [5, 5.41) is 11.3. The minimum absolute atomic E-state index is 0.260. The number of rotatable bonds is 2. The van der Waals surface area contributed by atoms with Crippen molar-refractivity contribution in [2.45, 2.75) is 18.9 Å². The lowest BCUT2D eigenvalue weighted by molar-refractivity contribution is -0.124. The summed E-state index contributed by atoms with van der Waals surface area (Å²) in [6.45, 7) is 1.65. The van der Waals surface area contributed by atoms with Gasteiger partial charge in [-0.2, -0.15) is 0 Å². The zero-order valence-electron chi connectivity index (χ0n) is 7.42. The molecule has 0 bridgehead atoms. The van der Waals surface area contributed by atoms with E-state index in [1.54, 1.807) is 0 Å². The molecule has 0 aliphatic carbocycles. The molecule has 0 saturated carbocycles. The summed E-state index contributed by atoms with van der Waals surface area (Å²) in [4.78, 5) is 13.0. The Labute approximate surface area is 72.6 Å². The lowest BCUT2D eigenvalue weighted by Gasteiger charge is -2.29. The quantitative estimate of drug-likeness (QED) is 0.573. The molecule has 0 spiro atoms. The van der Waals surface area contributed by atoms with E-state index in [2.05, 4.69) is 17.3 Å². The summed E-state index contributed by atoms with van der Waals surface area (Å²) >= 11 is 0. The van der Waals surface area contributed by atoms with E-state index >= 15 is 0 Å². The standard InChI is InChI=1S/C8H16N2O2/c1-10-4-2-7(3-5-10)9-8(12)6-11/h7,11H,2-6H2,1H3,(H,9,12). The van der Waals surface area contributed by atoms with Gasteiger partial charge >= 0.3 is 0 Å². The Morgan fingerprint density at radius 2 is 2.17 bits per heavy atom. The highest BCUT2D eigenvalue weighted by atomic mass is 16.3. The van der Waals surface area contributed by atoms with Gasteiger partial charge < -0.3 is 15.3 Å². The SMILES string of the molecule is CN1CCC(NC(=O)CO)CC1. The molecule has 0 aromatic carbocycles. The van der Waals surface area contributed by atoms with Crippen molar-refractivity contribution in [2.75, 3.05) is 26.7 Å². The van der Waals surface area contributed by atoms with Crippen LogP contribution in [-0.2, 0) is 4.79 Å². The maximum absolute atomic E-state index is 10.8. The van der Waals surface area contributed by atoms with E-state index in [9.17, 15) is 4.79 Å². The molecule has 1 aliphatic rings. The van der Waals surface area contributed by atoms with Crippen molar-refractivity contribution < 1.29 is 9.90 Å². The van der Waals surface area contributed by atoms with E-state index in [0.717, 1.165) is 25.9 Å². The van der Waals surface area contributed by atoms with Crippen LogP contribution in [0.15, 0.2) is 0 Å². The molecule has 1 amide bonds. The molecule has 0 aromatic heterocycles. The minimum Gasteiger partial charge on any atom is -0.387 e. The minimum atomic E-state index is -0.396. The van der Waals surface area contributed by atoms with Gasteiger partial charge in [-0.05, 0) is 33.0 Å². The van der Waals surface area contributed by atoms with Crippen LogP contribution in [0.2, 0.25) is 0 Å². The van der Waals surface area contributed by atoms with Gasteiger partial charge in [-0.1, -0.05) is 0 Å².